The largest absolute Gasteiger partial charge is 0.497 e. The van der Waals surface area contributed by atoms with Crippen LogP contribution in [0.15, 0.2) is 24.3 Å². The number of ether oxygens (including phenoxy) is 2. The van der Waals surface area contributed by atoms with Crippen molar-refractivity contribution in [2.24, 2.45) is 0 Å². The average molecular weight is 493 g/mol. The summed E-state index contributed by atoms with van der Waals surface area (Å²) in [5.74, 6) is -0.922. The Hall–Kier alpha value is -0.730. The molecule has 0 aliphatic rings. The van der Waals surface area contributed by atoms with Crippen molar-refractivity contribution in [3.8, 4) is 5.75 Å². The van der Waals surface area contributed by atoms with Crippen LogP contribution in [0.5, 0.6) is 5.75 Å². The summed E-state index contributed by atoms with van der Waals surface area (Å²) >= 11 is 16.6. The van der Waals surface area contributed by atoms with Gasteiger partial charge in [0.2, 0.25) is 9.64 Å². The SMILES string of the molecule is COc1ccc([C@@H](OC(=O)N[C@H](O)C(Cl)(Cl)Cl)P(=O)(OC(C)C)OC(C)C)cc1. The molecular weight excluding hydrogens is 468 g/mol. The van der Waals surface area contributed by atoms with E-state index < -0.39 is 41.8 Å². The topological polar surface area (TPSA) is 103 Å². The van der Waals surface area contributed by atoms with Crippen LogP contribution in [0, 0.1) is 0 Å². The molecule has 0 aliphatic carbocycles. The number of hydrogen-bond donors (Lipinski definition) is 2. The van der Waals surface area contributed by atoms with Gasteiger partial charge in [-0.3, -0.25) is 9.88 Å². The Labute approximate surface area is 185 Å². The fourth-order valence-electron chi connectivity index (χ4n) is 2.14. The molecule has 0 radical (unpaired) electrons. The zero-order valence-corrected chi connectivity index (χ0v) is 19.8. The number of nitrogens with one attached hydrogen (secondary N) is 1. The van der Waals surface area contributed by atoms with Gasteiger partial charge in [0, 0.05) is 5.56 Å². The van der Waals surface area contributed by atoms with Gasteiger partial charge in [-0.25, -0.2) is 4.79 Å². The summed E-state index contributed by atoms with van der Waals surface area (Å²) in [5, 5.41) is 11.7. The molecule has 0 heterocycles. The summed E-state index contributed by atoms with van der Waals surface area (Å²) in [7, 11) is -2.54. The zero-order chi connectivity index (χ0) is 22.4. The van der Waals surface area contributed by atoms with Crippen LogP contribution >= 0.6 is 42.4 Å². The van der Waals surface area contributed by atoms with Gasteiger partial charge in [0.1, 0.15) is 5.75 Å². The summed E-state index contributed by atoms with van der Waals surface area (Å²) in [4.78, 5) is 12.3. The average Bonchev–Trinajstić information content (AvgIpc) is 2.57. The molecule has 1 rings (SSSR count). The molecule has 1 aromatic rings. The van der Waals surface area contributed by atoms with Gasteiger partial charge in [-0.05, 0) is 39.8 Å². The Morgan fingerprint density at radius 2 is 1.55 bits per heavy atom. The Balaban J connectivity index is 3.28. The number of alkyl carbamates (subject to hydrolysis) is 1. The molecule has 2 atom stereocenters. The van der Waals surface area contributed by atoms with Gasteiger partial charge < -0.3 is 23.6 Å². The van der Waals surface area contributed by atoms with Crippen molar-refractivity contribution in [1.29, 1.82) is 0 Å². The molecule has 29 heavy (non-hydrogen) atoms. The van der Waals surface area contributed by atoms with Crippen LogP contribution in [0.1, 0.15) is 39.1 Å². The third-order valence-corrected chi connectivity index (χ3v) is 6.22. The van der Waals surface area contributed by atoms with Crippen molar-refractivity contribution in [2.45, 2.75) is 55.8 Å². The minimum atomic E-state index is -4.03. The number of rotatable bonds is 9. The van der Waals surface area contributed by atoms with Crippen LogP contribution in [0.3, 0.4) is 0 Å². The maximum absolute atomic E-state index is 13.6. The Bertz CT molecular complexity index is 696. The number of methoxy groups -OCH3 is 1. The molecule has 0 saturated carbocycles. The molecule has 0 fully saturated rings. The molecule has 0 bridgehead atoms. The smallest absolute Gasteiger partial charge is 0.410 e. The second-order valence-electron chi connectivity index (χ2n) is 6.47. The number of halogens is 3. The summed E-state index contributed by atoms with van der Waals surface area (Å²) in [6.07, 6.45) is -4.06. The van der Waals surface area contributed by atoms with E-state index in [2.05, 4.69) is 0 Å². The van der Waals surface area contributed by atoms with Crippen LogP contribution in [0.25, 0.3) is 0 Å². The summed E-state index contributed by atoms with van der Waals surface area (Å²) in [5.41, 5.74) is 0.314. The number of aliphatic hydroxyl groups is 1. The van der Waals surface area contributed by atoms with E-state index in [4.69, 9.17) is 53.3 Å². The van der Waals surface area contributed by atoms with Crippen molar-refractivity contribution < 1.29 is 33.0 Å². The maximum atomic E-state index is 13.6. The lowest BCUT2D eigenvalue weighted by atomic mass is 10.2. The molecule has 12 heteroatoms. The number of hydrogen-bond acceptors (Lipinski definition) is 7. The quantitative estimate of drug-likeness (QED) is 0.279. The van der Waals surface area contributed by atoms with E-state index in [0.29, 0.717) is 11.3 Å². The van der Waals surface area contributed by atoms with Crippen molar-refractivity contribution >= 4 is 48.5 Å². The van der Waals surface area contributed by atoms with E-state index in [1.54, 1.807) is 52.0 Å². The maximum Gasteiger partial charge on any atom is 0.410 e. The van der Waals surface area contributed by atoms with Crippen molar-refractivity contribution in [3.05, 3.63) is 29.8 Å². The lowest BCUT2D eigenvalue weighted by molar-refractivity contribution is 0.0640. The third kappa shape index (κ3) is 8.50. The Kier molecular flexibility index (Phi) is 10.0. The van der Waals surface area contributed by atoms with E-state index in [1.807, 2.05) is 5.32 Å². The van der Waals surface area contributed by atoms with Crippen LogP contribution < -0.4 is 10.1 Å². The second-order valence-corrected chi connectivity index (χ2v) is 10.8. The monoisotopic (exact) mass is 491 g/mol. The summed E-state index contributed by atoms with van der Waals surface area (Å²) in [6, 6.07) is 6.27. The van der Waals surface area contributed by atoms with Crippen LogP contribution in [-0.2, 0) is 18.3 Å². The molecule has 0 aliphatic heterocycles. The van der Waals surface area contributed by atoms with E-state index in [1.165, 1.54) is 7.11 Å². The Morgan fingerprint density at radius 1 is 1.07 bits per heavy atom. The highest BCUT2D eigenvalue weighted by molar-refractivity contribution is 7.54. The van der Waals surface area contributed by atoms with Gasteiger partial charge >= 0.3 is 13.7 Å². The molecule has 0 unspecified atom stereocenters. The van der Waals surface area contributed by atoms with Gasteiger partial charge in [-0.1, -0.05) is 46.9 Å². The molecule has 0 saturated heterocycles. The lowest BCUT2D eigenvalue weighted by Crippen LogP contribution is -2.44. The molecule has 0 spiro atoms. The first-order chi connectivity index (χ1) is 13.3. The molecular formula is C17H25Cl3NO7P. The molecule has 0 aromatic heterocycles. The first-order valence-corrected chi connectivity index (χ1v) is 11.4. The summed E-state index contributed by atoms with van der Waals surface area (Å²) < 4.78 is 32.9. The predicted molar refractivity (Wildman–Crippen MR) is 112 cm³/mol. The predicted octanol–water partition coefficient (Wildman–Crippen LogP) is 5.15. The van der Waals surface area contributed by atoms with Gasteiger partial charge in [-0.15, -0.1) is 0 Å². The number of alkyl halides is 3. The van der Waals surface area contributed by atoms with Gasteiger partial charge in [0.15, 0.2) is 6.23 Å². The normalized spacial score (nSPS) is 14.6. The number of amides is 1. The van der Waals surface area contributed by atoms with Crippen molar-refractivity contribution in [3.63, 3.8) is 0 Å². The van der Waals surface area contributed by atoms with E-state index >= 15 is 0 Å². The highest BCUT2D eigenvalue weighted by Crippen LogP contribution is 2.63. The molecule has 2 N–H and O–H groups in total. The minimum Gasteiger partial charge on any atom is -0.497 e. The minimum absolute atomic E-state index is 0.314. The molecule has 166 valence electrons. The zero-order valence-electron chi connectivity index (χ0n) is 16.6. The molecule has 8 nitrogen and oxygen atoms in total. The first-order valence-electron chi connectivity index (χ1n) is 8.61. The fraction of sp³-hybridized carbons (Fsp3) is 0.588. The lowest BCUT2D eigenvalue weighted by Gasteiger charge is -2.30. The van der Waals surface area contributed by atoms with Crippen LogP contribution in [0.2, 0.25) is 0 Å². The second kappa shape index (κ2) is 11.0. The van der Waals surface area contributed by atoms with Gasteiger partial charge in [0.05, 0.1) is 19.3 Å². The third-order valence-electron chi connectivity index (χ3n) is 3.19. The van der Waals surface area contributed by atoms with E-state index in [9.17, 15) is 14.5 Å². The fourth-order valence-corrected chi connectivity index (χ4v) is 4.51. The van der Waals surface area contributed by atoms with Crippen LogP contribution in [-0.4, -0.2) is 40.5 Å². The number of aliphatic hydroxyl groups excluding tert-OH is 1. The number of benzene rings is 1. The van der Waals surface area contributed by atoms with Gasteiger partial charge in [0.25, 0.3) is 0 Å². The van der Waals surface area contributed by atoms with E-state index in [-0.39, 0.29) is 0 Å². The molecule has 1 aromatic carbocycles. The Morgan fingerprint density at radius 3 is 1.93 bits per heavy atom. The van der Waals surface area contributed by atoms with Gasteiger partial charge in [-0.2, -0.15) is 0 Å². The summed E-state index contributed by atoms with van der Waals surface area (Å²) in [6.45, 7) is 6.64. The molecule has 1 amide bonds. The van der Waals surface area contributed by atoms with Crippen molar-refractivity contribution in [1.82, 2.24) is 5.32 Å². The first kappa shape index (κ1) is 26.3. The number of carbonyl (C=O) groups excluding carboxylic acids is 1. The van der Waals surface area contributed by atoms with Crippen LogP contribution in [0.4, 0.5) is 4.79 Å². The van der Waals surface area contributed by atoms with E-state index in [0.717, 1.165) is 0 Å². The van der Waals surface area contributed by atoms with Crippen molar-refractivity contribution in [2.75, 3.05) is 7.11 Å². The number of carbonyl (C=O) groups is 1. The highest BCUT2D eigenvalue weighted by atomic mass is 35.6. The highest BCUT2D eigenvalue weighted by Gasteiger charge is 2.43. The standard InChI is InChI=1S/C17H25Cl3NO7P/c1-10(2)27-29(24,28-11(3)4)14(12-6-8-13(25-5)9-7-12)26-16(23)21-15(22)17(18,19)20/h6-11,14-15,22H,1-5H3,(H,21,23)/t14-,15+/m0/s1.